The number of methoxy groups -OCH3 is 1. The predicted molar refractivity (Wildman–Crippen MR) is 93.0 cm³/mol. The van der Waals surface area contributed by atoms with Crippen molar-refractivity contribution in [3.63, 3.8) is 0 Å². The van der Waals surface area contributed by atoms with E-state index in [1.165, 1.54) is 0 Å². The minimum Gasteiger partial charge on any atom is -0.489 e. The Morgan fingerprint density at radius 3 is 2.54 bits per heavy atom. The van der Waals surface area contributed by atoms with E-state index in [9.17, 15) is 4.79 Å². The molecular weight excluding hydrogens is 330 g/mol. The van der Waals surface area contributed by atoms with E-state index in [0.717, 1.165) is 5.56 Å². The third kappa shape index (κ3) is 5.44. The highest BCUT2D eigenvalue weighted by molar-refractivity contribution is 6.30. The summed E-state index contributed by atoms with van der Waals surface area (Å²) in [5.41, 5.74) is 6.75. The topological polar surface area (TPSA) is 70.8 Å². The minimum atomic E-state index is -0.516. The number of carbonyl (C=O) groups excluding carboxylic acids is 1. The standard InChI is InChI=1S/C18H20ClNO4/c1-22-9-10-24-16-6-5-14(18(20)21)12-17(16)23-8-7-13-3-2-4-15(19)11-13/h2-6,11-12H,7-10H2,1H3,(H2,20,21). The highest BCUT2D eigenvalue weighted by atomic mass is 35.5. The molecule has 6 heteroatoms. The average molecular weight is 350 g/mol. The van der Waals surface area contributed by atoms with Crippen molar-refractivity contribution in [3.8, 4) is 11.5 Å². The number of amides is 1. The number of benzene rings is 2. The maximum Gasteiger partial charge on any atom is 0.248 e. The fourth-order valence-electron chi connectivity index (χ4n) is 2.10. The maximum atomic E-state index is 11.3. The number of halogens is 1. The Hall–Kier alpha value is -2.24. The molecule has 0 saturated heterocycles. The van der Waals surface area contributed by atoms with Gasteiger partial charge in [0.05, 0.1) is 13.2 Å². The molecule has 2 aromatic rings. The van der Waals surface area contributed by atoms with Crippen LogP contribution in [-0.4, -0.2) is 32.8 Å². The van der Waals surface area contributed by atoms with Gasteiger partial charge in [0.1, 0.15) is 6.61 Å². The molecule has 0 aliphatic heterocycles. The average Bonchev–Trinajstić information content (AvgIpc) is 2.56. The number of nitrogens with two attached hydrogens (primary N) is 1. The lowest BCUT2D eigenvalue weighted by Gasteiger charge is -2.13. The van der Waals surface area contributed by atoms with Gasteiger partial charge < -0.3 is 19.9 Å². The molecule has 1 amide bonds. The van der Waals surface area contributed by atoms with Crippen LogP contribution in [0, 0.1) is 0 Å². The molecule has 0 fully saturated rings. The number of ether oxygens (including phenoxy) is 3. The highest BCUT2D eigenvalue weighted by Crippen LogP contribution is 2.28. The van der Waals surface area contributed by atoms with Gasteiger partial charge in [-0.15, -0.1) is 0 Å². The summed E-state index contributed by atoms with van der Waals surface area (Å²) in [6.45, 7) is 1.26. The molecule has 24 heavy (non-hydrogen) atoms. The predicted octanol–water partition coefficient (Wildman–Crippen LogP) is 3.09. The zero-order valence-corrected chi connectivity index (χ0v) is 14.2. The third-order valence-corrected chi connectivity index (χ3v) is 3.55. The Kier molecular flexibility index (Phi) is 6.90. The van der Waals surface area contributed by atoms with Gasteiger partial charge in [-0.1, -0.05) is 23.7 Å². The van der Waals surface area contributed by atoms with Crippen molar-refractivity contribution < 1.29 is 19.0 Å². The summed E-state index contributed by atoms with van der Waals surface area (Å²) >= 11 is 5.97. The summed E-state index contributed by atoms with van der Waals surface area (Å²) in [6, 6.07) is 12.4. The molecular formula is C18H20ClNO4. The Labute approximate surface area is 146 Å². The molecule has 0 aromatic heterocycles. The van der Waals surface area contributed by atoms with Crippen molar-refractivity contribution in [1.29, 1.82) is 0 Å². The van der Waals surface area contributed by atoms with Crippen molar-refractivity contribution in [2.45, 2.75) is 6.42 Å². The normalized spacial score (nSPS) is 10.4. The van der Waals surface area contributed by atoms with Crippen LogP contribution < -0.4 is 15.2 Å². The van der Waals surface area contributed by atoms with Crippen molar-refractivity contribution in [2.24, 2.45) is 5.73 Å². The van der Waals surface area contributed by atoms with Crippen LogP contribution >= 0.6 is 11.6 Å². The second-order valence-electron chi connectivity index (χ2n) is 5.10. The molecule has 0 aliphatic carbocycles. The Morgan fingerprint density at radius 2 is 1.83 bits per heavy atom. The van der Waals surface area contributed by atoms with Crippen molar-refractivity contribution in [3.05, 3.63) is 58.6 Å². The SMILES string of the molecule is COCCOc1ccc(C(N)=O)cc1OCCc1cccc(Cl)c1. The largest absolute Gasteiger partial charge is 0.489 e. The third-order valence-electron chi connectivity index (χ3n) is 3.31. The fraction of sp³-hybridized carbons (Fsp3) is 0.278. The molecule has 2 rings (SSSR count). The molecule has 2 aromatic carbocycles. The van der Waals surface area contributed by atoms with E-state index in [1.54, 1.807) is 25.3 Å². The van der Waals surface area contributed by atoms with Gasteiger partial charge in [-0.05, 0) is 35.9 Å². The van der Waals surface area contributed by atoms with Crippen LogP contribution in [0.1, 0.15) is 15.9 Å². The maximum absolute atomic E-state index is 11.3. The summed E-state index contributed by atoms with van der Waals surface area (Å²) in [5, 5.41) is 0.687. The van der Waals surface area contributed by atoms with Crippen LogP contribution in [-0.2, 0) is 11.2 Å². The fourth-order valence-corrected chi connectivity index (χ4v) is 2.31. The number of hydrogen-bond acceptors (Lipinski definition) is 4. The molecule has 0 unspecified atom stereocenters. The lowest BCUT2D eigenvalue weighted by atomic mass is 10.1. The first-order valence-electron chi connectivity index (χ1n) is 7.53. The van der Waals surface area contributed by atoms with E-state index in [2.05, 4.69) is 0 Å². The van der Waals surface area contributed by atoms with E-state index in [4.69, 9.17) is 31.5 Å². The molecule has 128 valence electrons. The van der Waals surface area contributed by atoms with Gasteiger partial charge in [0.15, 0.2) is 11.5 Å². The van der Waals surface area contributed by atoms with Gasteiger partial charge in [-0.2, -0.15) is 0 Å². The van der Waals surface area contributed by atoms with E-state index < -0.39 is 5.91 Å². The van der Waals surface area contributed by atoms with Crippen LogP contribution in [0.5, 0.6) is 11.5 Å². The van der Waals surface area contributed by atoms with Gasteiger partial charge in [-0.25, -0.2) is 0 Å². The molecule has 5 nitrogen and oxygen atoms in total. The summed E-state index contributed by atoms with van der Waals surface area (Å²) in [4.78, 5) is 11.3. The Morgan fingerprint density at radius 1 is 1.04 bits per heavy atom. The van der Waals surface area contributed by atoms with Crippen molar-refractivity contribution >= 4 is 17.5 Å². The van der Waals surface area contributed by atoms with Crippen molar-refractivity contribution in [2.75, 3.05) is 26.9 Å². The molecule has 0 atom stereocenters. The zero-order valence-electron chi connectivity index (χ0n) is 13.5. The lowest BCUT2D eigenvalue weighted by molar-refractivity contribution is 0.0999. The van der Waals surface area contributed by atoms with Crippen LogP contribution in [0.3, 0.4) is 0 Å². The molecule has 0 spiro atoms. The van der Waals surface area contributed by atoms with Gasteiger partial charge in [0.2, 0.25) is 5.91 Å². The Bertz CT molecular complexity index is 690. The second kappa shape index (κ2) is 9.15. The number of primary amides is 1. The Balaban J connectivity index is 2.04. The van der Waals surface area contributed by atoms with Gasteiger partial charge in [0.25, 0.3) is 0 Å². The smallest absolute Gasteiger partial charge is 0.248 e. The first-order chi connectivity index (χ1) is 11.6. The first kappa shape index (κ1) is 18.1. The minimum absolute atomic E-state index is 0.367. The summed E-state index contributed by atoms with van der Waals surface area (Å²) in [6.07, 6.45) is 0.679. The quantitative estimate of drug-likeness (QED) is 0.706. The lowest BCUT2D eigenvalue weighted by Crippen LogP contribution is -2.12. The van der Waals surface area contributed by atoms with E-state index >= 15 is 0 Å². The molecule has 0 saturated carbocycles. The number of rotatable bonds is 9. The van der Waals surface area contributed by atoms with Crippen LogP contribution in [0.15, 0.2) is 42.5 Å². The van der Waals surface area contributed by atoms with Crippen LogP contribution in [0.4, 0.5) is 0 Å². The van der Waals surface area contributed by atoms with Crippen molar-refractivity contribution in [1.82, 2.24) is 0 Å². The molecule has 0 radical (unpaired) electrons. The zero-order chi connectivity index (χ0) is 17.4. The van der Waals surface area contributed by atoms with Gasteiger partial charge in [0, 0.05) is 24.1 Å². The van der Waals surface area contributed by atoms with Gasteiger partial charge >= 0.3 is 0 Å². The number of carbonyl (C=O) groups is 1. The highest BCUT2D eigenvalue weighted by Gasteiger charge is 2.10. The summed E-state index contributed by atoms with van der Waals surface area (Å²) in [5.74, 6) is 0.505. The summed E-state index contributed by atoms with van der Waals surface area (Å²) < 4.78 is 16.4. The van der Waals surface area contributed by atoms with E-state index in [-0.39, 0.29) is 0 Å². The first-order valence-corrected chi connectivity index (χ1v) is 7.91. The van der Waals surface area contributed by atoms with E-state index in [0.29, 0.717) is 48.3 Å². The monoisotopic (exact) mass is 349 g/mol. The number of hydrogen-bond donors (Lipinski definition) is 1. The molecule has 0 bridgehead atoms. The second-order valence-corrected chi connectivity index (χ2v) is 5.53. The summed E-state index contributed by atoms with van der Waals surface area (Å²) in [7, 11) is 1.60. The van der Waals surface area contributed by atoms with Crippen LogP contribution in [0.25, 0.3) is 0 Å². The van der Waals surface area contributed by atoms with E-state index in [1.807, 2.05) is 24.3 Å². The molecule has 0 aliphatic rings. The molecule has 0 heterocycles. The van der Waals surface area contributed by atoms with Gasteiger partial charge in [-0.3, -0.25) is 4.79 Å². The van der Waals surface area contributed by atoms with Crippen LogP contribution in [0.2, 0.25) is 5.02 Å². The molecule has 2 N–H and O–H groups in total.